The van der Waals surface area contributed by atoms with Crippen LogP contribution in [0.25, 0.3) is 0 Å². The van der Waals surface area contributed by atoms with Crippen molar-refractivity contribution < 1.29 is 43.9 Å². The minimum absolute atomic E-state index is 0.453. The molecule has 2 aromatic rings. The molecule has 0 saturated heterocycles. The lowest BCUT2D eigenvalue weighted by atomic mass is 10.3. The average molecular weight is 389 g/mol. The van der Waals surface area contributed by atoms with Gasteiger partial charge in [-0.1, -0.05) is 0 Å². The molecule has 0 aliphatic rings. The van der Waals surface area contributed by atoms with Crippen molar-refractivity contribution in [1.82, 2.24) is 0 Å². The highest BCUT2D eigenvalue weighted by Crippen LogP contribution is 2.29. The Bertz CT molecular complexity index is 905. The molecule has 4 nitrogen and oxygen atoms in total. The first-order valence-corrected chi connectivity index (χ1v) is 7.61. The smallest absolute Gasteiger partial charge is 0.267 e. The summed E-state index contributed by atoms with van der Waals surface area (Å²) in [4.78, 5) is -2.13. The van der Waals surface area contributed by atoms with Gasteiger partial charge in [-0.3, -0.25) is 4.72 Å². The zero-order valence-corrected chi connectivity index (χ0v) is 12.5. The van der Waals surface area contributed by atoms with E-state index in [9.17, 15) is 39.2 Å². The second-order valence-corrected chi connectivity index (χ2v) is 6.02. The van der Waals surface area contributed by atoms with Crippen LogP contribution in [0.4, 0.5) is 36.4 Å². The third-order valence-corrected chi connectivity index (χ3v) is 4.23. The van der Waals surface area contributed by atoms with Crippen LogP contribution in [0.5, 0.6) is 5.75 Å². The van der Waals surface area contributed by atoms with Gasteiger partial charge >= 0.3 is 0 Å². The van der Waals surface area contributed by atoms with E-state index in [1.165, 1.54) is 4.72 Å². The van der Waals surface area contributed by atoms with Crippen LogP contribution in [0.2, 0.25) is 0 Å². The van der Waals surface area contributed by atoms with Crippen molar-refractivity contribution in [3.63, 3.8) is 0 Å². The Morgan fingerprint density at radius 1 is 0.880 bits per heavy atom. The van der Waals surface area contributed by atoms with Crippen LogP contribution in [0, 0.1) is 34.9 Å². The lowest BCUT2D eigenvalue weighted by Crippen LogP contribution is -2.19. The molecule has 0 heterocycles. The summed E-state index contributed by atoms with van der Waals surface area (Å²) in [6.07, 6.45) is 0. The molecule has 0 unspecified atom stereocenters. The van der Waals surface area contributed by atoms with Gasteiger partial charge in [-0.25, -0.2) is 39.2 Å². The summed E-state index contributed by atoms with van der Waals surface area (Å²) in [5.41, 5.74) is -0.632. The van der Waals surface area contributed by atoms with Crippen molar-refractivity contribution >= 4 is 15.7 Å². The van der Waals surface area contributed by atoms with Gasteiger partial charge in [0.1, 0.15) is 0 Å². The maximum Gasteiger partial charge on any atom is 0.267 e. The number of halogens is 7. The second-order valence-electron chi connectivity index (χ2n) is 4.40. The lowest BCUT2D eigenvalue weighted by molar-refractivity contribution is 0.184. The molecule has 0 radical (unpaired) electrons. The molecule has 12 heteroatoms. The first-order chi connectivity index (χ1) is 11.6. The Kier molecular flexibility index (Phi) is 5.11. The topological polar surface area (TPSA) is 55.4 Å². The molecular formula is C13H6F7NO3S. The fraction of sp³-hybridized carbons (Fsp3) is 0.0769. The van der Waals surface area contributed by atoms with E-state index in [-0.39, 0.29) is 0 Å². The van der Waals surface area contributed by atoms with Gasteiger partial charge in [0.05, 0.1) is 5.69 Å². The lowest BCUT2D eigenvalue weighted by Gasteiger charge is -2.12. The van der Waals surface area contributed by atoms with Gasteiger partial charge in [0.15, 0.2) is 39.7 Å². The minimum Gasteiger partial charge on any atom is -0.460 e. The molecule has 25 heavy (non-hydrogen) atoms. The number of rotatable bonds is 5. The zero-order valence-electron chi connectivity index (χ0n) is 11.7. The molecule has 0 spiro atoms. The molecule has 0 aliphatic heterocycles. The zero-order chi connectivity index (χ0) is 18.9. The first-order valence-electron chi connectivity index (χ1n) is 6.12. The number of anilines is 1. The monoisotopic (exact) mass is 389 g/mol. The fourth-order valence-electron chi connectivity index (χ4n) is 1.77. The predicted molar refractivity (Wildman–Crippen MR) is 70.0 cm³/mol. The average Bonchev–Trinajstić information content (AvgIpc) is 2.53. The van der Waals surface area contributed by atoms with E-state index in [0.717, 1.165) is 12.1 Å². The van der Waals surface area contributed by atoms with Crippen LogP contribution in [0.1, 0.15) is 0 Å². The van der Waals surface area contributed by atoms with E-state index in [1.54, 1.807) is 0 Å². The van der Waals surface area contributed by atoms with Gasteiger partial charge in [-0.05, 0) is 12.1 Å². The van der Waals surface area contributed by atoms with E-state index in [1.807, 2.05) is 0 Å². The Labute approximate surface area is 135 Å². The third kappa shape index (κ3) is 3.48. The van der Waals surface area contributed by atoms with Crippen LogP contribution < -0.4 is 9.46 Å². The molecule has 0 aliphatic carbocycles. The van der Waals surface area contributed by atoms with Crippen molar-refractivity contribution in [2.75, 3.05) is 11.6 Å². The van der Waals surface area contributed by atoms with Crippen LogP contribution in [0.3, 0.4) is 0 Å². The van der Waals surface area contributed by atoms with E-state index >= 15 is 0 Å². The number of alkyl halides is 1. The second kappa shape index (κ2) is 6.78. The number of hydrogen-bond acceptors (Lipinski definition) is 3. The number of hydrogen-bond donors (Lipinski definition) is 1. The van der Waals surface area contributed by atoms with E-state index in [4.69, 9.17) is 0 Å². The molecule has 0 bridgehead atoms. The van der Waals surface area contributed by atoms with Gasteiger partial charge in [-0.15, -0.1) is 0 Å². The Morgan fingerprint density at radius 2 is 1.40 bits per heavy atom. The highest BCUT2D eigenvalue weighted by molar-refractivity contribution is 7.92. The Balaban J connectivity index is 2.49. The third-order valence-electron chi connectivity index (χ3n) is 2.83. The summed E-state index contributed by atoms with van der Waals surface area (Å²) in [5, 5.41) is 0. The van der Waals surface area contributed by atoms with Gasteiger partial charge in [0, 0.05) is 6.07 Å². The molecular weight excluding hydrogens is 383 g/mol. The Morgan fingerprint density at radius 3 is 1.88 bits per heavy atom. The molecule has 2 aromatic carbocycles. The fourth-order valence-corrected chi connectivity index (χ4v) is 2.96. The van der Waals surface area contributed by atoms with Gasteiger partial charge in [0.25, 0.3) is 10.0 Å². The molecule has 0 fully saturated rings. The van der Waals surface area contributed by atoms with Crippen LogP contribution in [-0.2, 0) is 10.0 Å². The number of nitrogens with one attached hydrogen (secondary N) is 1. The molecule has 136 valence electrons. The van der Waals surface area contributed by atoms with Crippen LogP contribution >= 0.6 is 0 Å². The summed E-state index contributed by atoms with van der Waals surface area (Å²) in [6, 6.07) is 2.05. The predicted octanol–water partition coefficient (Wildman–Crippen LogP) is 3.63. The van der Waals surface area contributed by atoms with Gasteiger partial charge in [-0.2, -0.15) is 0 Å². The summed E-state index contributed by atoms with van der Waals surface area (Å²) >= 11 is 0. The van der Waals surface area contributed by atoms with Gasteiger partial charge < -0.3 is 4.74 Å². The molecule has 0 atom stereocenters. The Hall–Kier alpha value is -2.50. The van der Waals surface area contributed by atoms with E-state index in [0.29, 0.717) is 6.07 Å². The van der Waals surface area contributed by atoms with E-state index < -0.39 is 68.1 Å². The standard InChI is InChI=1S/C13H6F7NO3S/c14-4-24-7-2-1-5(3-6(7)15)21-25(22,23)13-11(19)9(17)8(16)10(18)12(13)20/h1-3,21H,4H2. The molecule has 0 amide bonds. The number of ether oxygens (including phenoxy) is 1. The largest absolute Gasteiger partial charge is 0.460 e. The quantitative estimate of drug-likeness (QED) is 0.483. The molecule has 0 saturated carbocycles. The molecule has 0 aromatic heterocycles. The summed E-state index contributed by atoms with van der Waals surface area (Å²) < 4.78 is 121. The highest BCUT2D eigenvalue weighted by atomic mass is 32.2. The summed E-state index contributed by atoms with van der Waals surface area (Å²) in [5.74, 6) is -14.5. The normalized spacial score (nSPS) is 11.5. The molecule has 2 rings (SSSR count). The summed E-state index contributed by atoms with van der Waals surface area (Å²) in [7, 11) is -5.31. The summed E-state index contributed by atoms with van der Waals surface area (Å²) in [6.45, 7) is -1.38. The molecule has 1 N–H and O–H groups in total. The highest BCUT2D eigenvalue weighted by Gasteiger charge is 2.33. The maximum atomic E-state index is 13.6. The van der Waals surface area contributed by atoms with Crippen molar-refractivity contribution in [3.05, 3.63) is 53.1 Å². The van der Waals surface area contributed by atoms with Crippen LogP contribution in [0.15, 0.2) is 23.1 Å². The van der Waals surface area contributed by atoms with Gasteiger partial charge in [0.2, 0.25) is 12.7 Å². The SMILES string of the molecule is O=S(=O)(Nc1ccc(OCF)c(F)c1)c1c(F)c(F)c(F)c(F)c1F. The van der Waals surface area contributed by atoms with Crippen molar-refractivity contribution in [1.29, 1.82) is 0 Å². The van der Waals surface area contributed by atoms with Crippen molar-refractivity contribution in [2.24, 2.45) is 0 Å². The minimum atomic E-state index is -5.31. The van der Waals surface area contributed by atoms with Crippen molar-refractivity contribution in [2.45, 2.75) is 4.90 Å². The van der Waals surface area contributed by atoms with Crippen LogP contribution in [-0.4, -0.2) is 15.3 Å². The first kappa shape index (κ1) is 18.8. The number of benzene rings is 2. The number of sulfonamides is 1. The maximum absolute atomic E-state index is 13.6. The van der Waals surface area contributed by atoms with Crippen molar-refractivity contribution in [3.8, 4) is 5.75 Å². The van der Waals surface area contributed by atoms with E-state index in [2.05, 4.69) is 4.74 Å².